The van der Waals surface area contributed by atoms with Crippen LogP contribution >= 0.6 is 0 Å². The number of para-hydroxylation sites is 1. The number of hydrogen-bond acceptors (Lipinski definition) is 6. The molecule has 3 aromatic rings. The van der Waals surface area contributed by atoms with E-state index >= 15 is 0 Å². The summed E-state index contributed by atoms with van der Waals surface area (Å²) in [5.74, 6) is 1.89. The van der Waals surface area contributed by atoms with E-state index in [2.05, 4.69) is 36.9 Å². The van der Waals surface area contributed by atoms with Gasteiger partial charge < -0.3 is 9.80 Å². The number of pyridine rings is 1. The van der Waals surface area contributed by atoms with E-state index < -0.39 is 0 Å². The van der Waals surface area contributed by atoms with E-state index in [4.69, 9.17) is 0 Å². The summed E-state index contributed by atoms with van der Waals surface area (Å²) >= 11 is 0. The number of carbonyl (C=O) groups excluding carboxylic acids is 1. The van der Waals surface area contributed by atoms with Crippen LogP contribution in [0.2, 0.25) is 0 Å². The summed E-state index contributed by atoms with van der Waals surface area (Å²) in [5.41, 5.74) is 3.20. The highest BCUT2D eigenvalue weighted by atomic mass is 16.2. The molecule has 1 amide bonds. The molecule has 7 heteroatoms. The van der Waals surface area contributed by atoms with Crippen LogP contribution in [0, 0.1) is 5.92 Å². The van der Waals surface area contributed by atoms with E-state index in [0.717, 1.165) is 69.1 Å². The fraction of sp³-hybridized carbons (Fsp3) is 0.462. The van der Waals surface area contributed by atoms with E-state index in [1.54, 1.807) is 12.4 Å². The Balaban J connectivity index is 1.10. The molecule has 2 aliphatic heterocycles. The third kappa shape index (κ3) is 5.30. The molecule has 1 unspecified atom stereocenters. The van der Waals surface area contributed by atoms with Crippen LogP contribution in [0.15, 0.2) is 55.0 Å². The molecule has 2 saturated heterocycles. The molecule has 0 radical (unpaired) electrons. The number of nitrogens with zero attached hydrogens (tertiary/aromatic N) is 6. The Morgan fingerprint density at radius 1 is 0.909 bits per heavy atom. The molecule has 172 valence electrons. The highest BCUT2D eigenvalue weighted by Gasteiger charge is 2.25. The number of aromatic nitrogens is 3. The second-order valence-corrected chi connectivity index (χ2v) is 9.18. The summed E-state index contributed by atoms with van der Waals surface area (Å²) < 4.78 is 0. The maximum Gasteiger partial charge on any atom is 0.222 e. The number of fused-ring (bicyclic) bond motifs is 1. The lowest BCUT2D eigenvalue weighted by atomic mass is 9.92. The monoisotopic (exact) mass is 444 g/mol. The summed E-state index contributed by atoms with van der Waals surface area (Å²) in [4.78, 5) is 33.1. The molecule has 33 heavy (non-hydrogen) atoms. The minimum atomic E-state index is 0.303. The molecule has 4 heterocycles. The topological polar surface area (TPSA) is 65.5 Å². The van der Waals surface area contributed by atoms with Crippen molar-refractivity contribution < 1.29 is 4.79 Å². The number of benzene rings is 1. The van der Waals surface area contributed by atoms with Gasteiger partial charge in [-0.3, -0.25) is 19.7 Å². The molecule has 0 N–H and O–H groups in total. The number of hydrogen-bond donors (Lipinski definition) is 0. The van der Waals surface area contributed by atoms with Crippen molar-refractivity contribution in [3.8, 4) is 0 Å². The molecule has 0 saturated carbocycles. The van der Waals surface area contributed by atoms with E-state index in [-0.39, 0.29) is 0 Å². The summed E-state index contributed by atoms with van der Waals surface area (Å²) in [5, 5.41) is 0. The second-order valence-electron chi connectivity index (χ2n) is 9.18. The Hall–Kier alpha value is -3.06. The summed E-state index contributed by atoms with van der Waals surface area (Å²) in [6, 6.07) is 12.2. The van der Waals surface area contributed by atoms with Gasteiger partial charge in [-0.2, -0.15) is 0 Å². The lowest BCUT2D eigenvalue weighted by Crippen LogP contribution is -2.49. The van der Waals surface area contributed by atoms with Gasteiger partial charge in [0.1, 0.15) is 5.82 Å². The maximum atomic E-state index is 12.9. The van der Waals surface area contributed by atoms with Crippen LogP contribution < -0.4 is 4.90 Å². The third-order valence-electron chi connectivity index (χ3n) is 6.95. The number of piperazine rings is 1. The third-order valence-corrected chi connectivity index (χ3v) is 6.95. The fourth-order valence-electron chi connectivity index (χ4n) is 5.16. The number of piperidine rings is 1. The van der Waals surface area contributed by atoms with Gasteiger partial charge in [-0.15, -0.1) is 0 Å². The van der Waals surface area contributed by atoms with Crippen LogP contribution in [0.25, 0.3) is 11.0 Å². The number of rotatable bonds is 6. The number of anilines is 1. The largest absolute Gasteiger partial charge is 0.353 e. The van der Waals surface area contributed by atoms with Crippen molar-refractivity contribution >= 4 is 22.8 Å². The number of likely N-dealkylation sites (tertiary alicyclic amines) is 1. The van der Waals surface area contributed by atoms with Crippen LogP contribution in [-0.4, -0.2) is 69.9 Å². The quantitative estimate of drug-likeness (QED) is 0.581. The minimum Gasteiger partial charge on any atom is -0.353 e. The summed E-state index contributed by atoms with van der Waals surface area (Å²) in [6.45, 7) is 6.34. The van der Waals surface area contributed by atoms with Crippen molar-refractivity contribution in [3.63, 3.8) is 0 Å². The smallest absolute Gasteiger partial charge is 0.222 e. The summed E-state index contributed by atoms with van der Waals surface area (Å²) in [7, 11) is 0. The average molecular weight is 445 g/mol. The highest BCUT2D eigenvalue weighted by molar-refractivity contribution is 5.77. The van der Waals surface area contributed by atoms with Gasteiger partial charge >= 0.3 is 0 Å². The Morgan fingerprint density at radius 3 is 2.64 bits per heavy atom. The molecule has 1 atom stereocenters. The molecule has 2 aliphatic rings. The Kier molecular flexibility index (Phi) is 6.76. The van der Waals surface area contributed by atoms with Gasteiger partial charge in [0.2, 0.25) is 5.91 Å². The molecule has 7 nitrogen and oxygen atoms in total. The van der Waals surface area contributed by atoms with E-state index in [1.807, 2.05) is 35.4 Å². The van der Waals surface area contributed by atoms with Gasteiger partial charge in [-0.05, 0) is 55.5 Å². The van der Waals surface area contributed by atoms with Crippen molar-refractivity contribution in [1.82, 2.24) is 24.8 Å². The zero-order valence-electron chi connectivity index (χ0n) is 19.1. The molecule has 2 fully saturated rings. The zero-order valence-corrected chi connectivity index (χ0v) is 19.1. The fourth-order valence-corrected chi connectivity index (χ4v) is 5.16. The van der Waals surface area contributed by atoms with Crippen molar-refractivity contribution in [1.29, 1.82) is 0 Å². The Morgan fingerprint density at radius 2 is 1.79 bits per heavy atom. The molecule has 1 aromatic carbocycles. The second kappa shape index (κ2) is 10.3. The molecule has 0 spiro atoms. The van der Waals surface area contributed by atoms with E-state index in [1.165, 1.54) is 18.4 Å². The van der Waals surface area contributed by atoms with Gasteiger partial charge in [0.05, 0.1) is 11.0 Å². The summed E-state index contributed by atoms with van der Waals surface area (Å²) in [6.07, 6.45) is 9.39. The average Bonchev–Trinajstić information content (AvgIpc) is 2.88. The lowest BCUT2D eigenvalue weighted by molar-refractivity contribution is -0.131. The van der Waals surface area contributed by atoms with Gasteiger partial charge in [0.25, 0.3) is 0 Å². The molecular formula is C26H32N6O. The maximum absolute atomic E-state index is 12.9. The molecule has 5 rings (SSSR count). The Labute approximate surface area is 195 Å². The zero-order chi connectivity index (χ0) is 22.5. The molecular weight excluding hydrogens is 412 g/mol. The SMILES string of the molecule is O=C(CCC1CCCN(Cc2cccc3nccnc23)C1)N1CCN(c2ccccn2)CC1. The first-order valence-electron chi connectivity index (χ1n) is 12.1. The minimum absolute atomic E-state index is 0.303. The molecule has 0 bridgehead atoms. The van der Waals surface area contributed by atoms with Crippen LogP contribution in [0.3, 0.4) is 0 Å². The van der Waals surface area contributed by atoms with Crippen LogP contribution in [0.1, 0.15) is 31.2 Å². The van der Waals surface area contributed by atoms with Gasteiger partial charge in [-0.25, -0.2) is 4.98 Å². The Bertz CT molecular complexity index is 1060. The standard InChI is InChI=1S/C26H32N6O/c33-25(32-17-15-31(16-18-32)24-8-1-2-11-28-24)10-9-21-5-4-14-30(19-21)20-22-6-3-7-23-26(22)29-13-12-27-23/h1-3,6-8,11-13,21H,4-5,9-10,14-20H2. The van der Waals surface area contributed by atoms with E-state index in [0.29, 0.717) is 18.2 Å². The van der Waals surface area contributed by atoms with Crippen LogP contribution in [0.5, 0.6) is 0 Å². The lowest BCUT2D eigenvalue weighted by Gasteiger charge is -2.36. The van der Waals surface area contributed by atoms with Gasteiger partial charge in [0, 0.05) is 64.3 Å². The van der Waals surface area contributed by atoms with Crippen LogP contribution in [-0.2, 0) is 11.3 Å². The van der Waals surface area contributed by atoms with Crippen molar-refractivity contribution in [3.05, 3.63) is 60.6 Å². The van der Waals surface area contributed by atoms with Crippen molar-refractivity contribution in [2.45, 2.75) is 32.2 Å². The van der Waals surface area contributed by atoms with Gasteiger partial charge in [-0.1, -0.05) is 18.2 Å². The van der Waals surface area contributed by atoms with Crippen LogP contribution in [0.4, 0.5) is 5.82 Å². The first-order chi connectivity index (χ1) is 16.3. The molecule has 0 aliphatic carbocycles. The first kappa shape index (κ1) is 21.8. The highest BCUT2D eigenvalue weighted by Crippen LogP contribution is 2.25. The van der Waals surface area contributed by atoms with Gasteiger partial charge in [0.15, 0.2) is 0 Å². The van der Waals surface area contributed by atoms with E-state index in [9.17, 15) is 4.79 Å². The number of carbonyl (C=O) groups is 1. The predicted molar refractivity (Wildman–Crippen MR) is 130 cm³/mol. The molecule has 2 aromatic heterocycles. The van der Waals surface area contributed by atoms with Crippen molar-refractivity contribution in [2.75, 3.05) is 44.2 Å². The first-order valence-corrected chi connectivity index (χ1v) is 12.1. The normalized spacial score (nSPS) is 19.7. The van der Waals surface area contributed by atoms with Crippen molar-refractivity contribution in [2.24, 2.45) is 5.92 Å². The number of amides is 1. The predicted octanol–water partition coefficient (Wildman–Crippen LogP) is 3.37.